The Morgan fingerprint density at radius 1 is 0.500 bits per heavy atom. The van der Waals surface area contributed by atoms with Crippen LogP contribution in [0.25, 0.3) is 81.8 Å². The van der Waals surface area contributed by atoms with Crippen molar-refractivity contribution in [3.05, 3.63) is 145 Å². The summed E-state index contributed by atoms with van der Waals surface area (Å²) < 4.78 is 4.88. The van der Waals surface area contributed by atoms with Crippen molar-refractivity contribution in [3.8, 4) is 39.9 Å². The summed E-state index contributed by atoms with van der Waals surface area (Å²) in [5, 5.41) is 5.09. The fraction of sp³-hybridized carbons (Fsp3) is 0.170. The number of hydrogen-bond acceptors (Lipinski definition) is 4. The molecule has 3 heterocycles. The van der Waals surface area contributed by atoms with Gasteiger partial charge in [-0.05, 0) is 89.4 Å². The van der Waals surface area contributed by atoms with Crippen LogP contribution in [0.4, 0.5) is 0 Å². The first kappa shape index (κ1) is 31.1. The Balaban J connectivity index is 1.14. The van der Waals surface area contributed by atoms with Gasteiger partial charge in [0.15, 0.2) is 17.5 Å². The van der Waals surface area contributed by atoms with E-state index in [1.165, 1.54) is 65.9 Å². The lowest BCUT2D eigenvalue weighted by Crippen LogP contribution is -2.33. The summed E-state index contributed by atoms with van der Waals surface area (Å²) in [6, 6.07) is 47.8. The second kappa shape index (κ2) is 11.4. The molecule has 0 N–H and O–H groups in total. The van der Waals surface area contributed by atoms with Crippen LogP contribution in [-0.4, -0.2) is 19.5 Å². The molecule has 6 aromatic carbocycles. The summed E-state index contributed by atoms with van der Waals surface area (Å²) in [6.45, 7) is 9.62. The third-order valence-corrected chi connectivity index (χ3v) is 12.6. The Morgan fingerprint density at radius 2 is 1.10 bits per heavy atom. The lowest BCUT2D eigenvalue weighted by molar-refractivity contribution is 0.332. The third kappa shape index (κ3) is 4.83. The Morgan fingerprint density at radius 3 is 1.85 bits per heavy atom. The molecule has 252 valence electrons. The maximum Gasteiger partial charge on any atom is 0.165 e. The summed E-state index contributed by atoms with van der Waals surface area (Å²) in [5.41, 5.74) is 9.76. The highest BCUT2D eigenvalue weighted by molar-refractivity contribution is 7.26. The van der Waals surface area contributed by atoms with Crippen LogP contribution in [0, 0.1) is 0 Å². The third-order valence-electron chi connectivity index (χ3n) is 11.3. The van der Waals surface area contributed by atoms with Crippen molar-refractivity contribution in [2.24, 2.45) is 0 Å². The van der Waals surface area contributed by atoms with Gasteiger partial charge in [0.05, 0.1) is 11.0 Å². The molecule has 0 unspecified atom stereocenters. The van der Waals surface area contributed by atoms with E-state index in [2.05, 4.69) is 148 Å². The smallest absolute Gasteiger partial charge is 0.165 e. The van der Waals surface area contributed by atoms with Gasteiger partial charge in [0.2, 0.25) is 0 Å². The topological polar surface area (TPSA) is 43.6 Å². The van der Waals surface area contributed by atoms with Gasteiger partial charge in [-0.3, -0.25) is 0 Å². The molecule has 1 aliphatic carbocycles. The fourth-order valence-electron chi connectivity index (χ4n) is 8.33. The molecule has 0 aliphatic heterocycles. The van der Waals surface area contributed by atoms with Gasteiger partial charge in [-0.2, -0.15) is 0 Å². The molecule has 3 aromatic heterocycles. The minimum Gasteiger partial charge on any atom is -0.309 e. The Kier molecular flexibility index (Phi) is 6.84. The monoisotopic (exact) mass is 690 g/mol. The number of rotatable bonds is 4. The Bertz CT molecular complexity index is 2840. The lowest BCUT2D eigenvalue weighted by atomic mass is 9.63. The number of fused-ring (bicyclic) bond motifs is 7. The van der Waals surface area contributed by atoms with E-state index in [1.54, 1.807) is 11.3 Å². The summed E-state index contributed by atoms with van der Waals surface area (Å²) >= 11 is 1.79. The van der Waals surface area contributed by atoms with E-state index in [1.807, 2.05) is 18.2 Å². The highest BCUT2D eigenvalue weighted by Gasteiger charge is 2.37. The maximum absolute atomic E-state index is 5.17. The fourth-order valence-corrected chi connectivity index (χ4v) is 9.54. The quantitative estimate of drug-likeness (QED) is 0.185. The minimum atomic E-state index is 0.122. The summed E-state index contributed by atoms with van der Waals surface area (Å²) in [6.07, 6.45) is 2.38. The predicted molar refractivity (Wildman–Crippen MR) is 219 cm³/mol. The number of aromatic nitrogens is 4. The van der Waals surface area contributed by atoms with Crippen LogP contribution in [0.3, 0.4) is 0 Å². The maximum atomic E-state index is 5.17. The molecular weight excluding hydrogens is 653 g/mol. The predicted octanol–water partition coefficient (Wildman–Crippen LogP) is 12.7. The van der Waals surface area contributed by atoms with E-state index < -0.39 is 0 Å². The van der Waals surface area contributed by atoms with Gasteiger partial charge in [0.1, 0.15) is 0 Å². The summed E-state index contributed by atoms with van der Waals surface area (Å²) in [4.78, 5) is 15.3. The average Bonchev–Trinajstić information content (AvgIpc) is 3.72. The minimum absolute atomic E-state index is 0.122. The van der Waals surface area contributed by atoms with Gasteiger partial charge in [-0.25, -0.2) is 15.0 Å². The molecule has 9 aromatic rings. The first-order valence-corrected chi connectivity index (χ1v) is 19.0. The molecule has 1 aliphatic rings. The van der Waals surface area contributed by atoms with Crippen molar-refractivity contribution in [3.63, 3.8) is 0 Å². The summed E-state index contributed by atoms with van der Waals surface area (Å²) in [7, 11) is 0. The molecule has 4 nitrogen and oxygen atoms in total. The molecule has 0 fully saturated rings. The van der Waals surface area contributed by atoms with E-state index in [0.29, 0.717) is 17.5 Å². The highest BCUT2D eigenvalue weighted by Crippen LogP contribution is 2.48. The molecule has 52 heavy (non-hydrogen) atoms. The Hall–Kier alpha value is -5.65. The molecule has 0 saturated carbocycles. The van der Waals surface area contributed by atoms with Gasteiger partial charge in [-0.1, -0.05) is 107 Å². The molecule has 0 saturated heterocycles. The number of thiophene rings is 1. The van der Waals surface area contributed by atoms with Crippen LogP contribution in [0.15, 0.2) is 133 Å². The number of hydrogen-bond donors (Lipinski definition) is 0. The zero-order valence-electron chi connectivity index (χ0n) is 29.8. The molecule has 5 heteroatoms. The first-order chi connectivity index (χ1) is 25.2. The highest BCUT2D eigenvalue weighted by atomic mass is 32.1. The standard InChI is InChI=1S/C47H38N4S/c1-46(2)25-26-47(3,4)38-28-40-36(27-37(38)46)32-15-8-10-19-39(32)51(40)31-23-21-30(22-24-31)44-48-43(29-13-6-5-7-14-29)49-45(50-44)35-18-12-17-34-33-16-9-11-20-41(33)52-42(34)35/h5-24,27-28H,25-26H2,1-4H3. The first-order valence-electron chi connectivity index (χ1n) is 18.2. The van der Waals surface area contributed by atoms with Crippen molar-refractivity contribution in [1.29, 1.82) is 0 Å². The van der Waals surface area contributed by atoms with E-state index >= 15 is 0 Å². The number of para-hydroxylation sites is 1. The lowest BCUT2D eigenvalue weighted by Gasteiger charge is -2.42. The van der Waals surface area contributed by atoms with E-state index in [9.17, 15) is 0 Å². The normalized spacial score (nSPS) is 15.1. The van der Waals surface area contributed by atoms with Gasteiger partial charge in [0, 0.05) is 53.3 Å². The molecule has 10 rings (SSSR count). The van der Waals surface area contributed by atoms with Crippen molar-refractivity contribution in [1.82, 2.24) is 19.5 Å². The van der Waals surface area contributed by atoms with Crippen LogP contribution >= 0.6 is 11.3 Å². The number of nitrogens with zero attached hydrogens (tertiary/aromatic N) is 4. The molecule has 0 bridgehead atoms. The zero-order valence-corrected chi connectivity index (χ0v) is 30.6. The van der Waals surface area contributed by atoms with Crippen molar-refractivity contribution >= 4 is 53.3 Å². The van der Waals surface area contributed by atoms with Crippen LogP contribution < -0.4 is 0 Å². The SMILES string of the molecule is CC1(C)CCC(C)(C)c2cc3c(cc21)c1ccccc1n3-c1ccc(-c2nc(-c3ccccc3)nc(-c3cccc4c3sc3ccccc34)n2)cc1. The van der Waals surface area contributed by atoms with Crippen LogP contribution in [0.5, 0.6) is 0 Å². The van der Waals surface area contributed by atoms with Crippen molar-refractivity contribution < 1.29 is 0 Å². The molecule has 0 radical (unpaired) electrons. The molecule has 0 spiro atoms. The molecule has 0 amide bonds. The second-order valence-electron chi connectivity index (χ2n) is 15.5. The summed E-state index contributed by atoms with van der Waals surface area (Å²) in [5.74, 6) is 2.01. The van der Waals surface area contributed by atoms with E-state index in [0.717, 1.165) is 22.4 Å². The van der Waals surface area contributed by atoms with Crippen LogP contribution in [0.1, 0.15) is 51.7 Å². The van der Waals surface area contributed by atoms with Crippen LogP contribution in [-0.2, 0) is 10.8 Å². The van der Waals surface area contributed by atoms with Crippen molar-refractivity contribution in [2.75, 3.05) is 0 Å². The van der Waals surface area contributed by atoms with Gasteiger partial charge >= 0.3 is 0 Å². The second-order valence-corrected chi connectivity index (χ2v) is 16.6. The zero-order chi connectivity index (χ0) is 35.2. The largest absolute Gasteiger partial charge is 0.309 e. The van der Waals surface area contributed by atoms with Crippen LogP contribution in [0.2, 0.25) is 0 Å². The van der Waals surface area contributed by atoms with E-state index in [4.69, 9.17) is 15.0 Å². The van der Waals surface area contributed by atoms with Crippen molar-refractivity contribution in [2.45, 2.75) is 51.4 Å². The van der Waals surface area contributed by atoms with Gasteiger partial charge in [0.25, 0.3) is 0 Å². The van der Waals surface area contributed by atoms with Gasteiger partial charge < -0.3 is 4.57 Å². The number of benzene rings is 6. The average molecular weight is 691 g/mol. The van der Waals surface area contributed by atoms with Gasteiger partial charge in [-0.15, -0.1) is 11.3 Å². The van der Waals surface area contributed by atoms with E-state index in [-0.39, 0.29) is 10.8 Å². The molecule has 0 atom stereocenters. The molecular formula is C47H38N4S. The Labute approximate surface area is 307 Å².